The molecule has 11 heteroatoms. The quantitative estimate of drug-likeness (QED) is 0.382. The Morgan fingerprint density at radius 2 is 2.00 bits per heavy atom. The van der Waals surface area contributed by atoms with Crippen LogP contribution in [0, 0.1) is 13.8 Å². The van der Waals surface area contributed by atoms with Crippen LogP contribution in [0.25, 0.3) is 17.1 Å². The number of thiophene rings is 1. The number of aryl methyl sites for hydroxylation is 2. The van der Waals surface area contributed by atoms with Gasteiger partial charge < -0.3 is 5.73 Å². The Hall–Kier alpha value is -3.86. The molecule has 0 radical (unpaired) electrons. The number of anilines is 1. The molecule has 146 valence electrons. The van der Waals surface area contributed by atoms with E-state index in [1.54, 1.807) is 17.6 Å². The van der Waals surface area contributed by atoms with E-state index >= 15 is 0 Å². The van der Waals surface area contributed by atoms with E-state index in [2.05, 4.69) is 35.8 Å². The minimum Gasteiger partial charge on any atom is -0.378 e. The molecule has 1 amide bonds. The standard InChI is InChI=1S/C18H16N8O2S/c1-10-3-6-12(7-4-10)15-14(21-25-26(15)17-16(19)23-28-24-17)18(27)22-20-9-13-8-5-11(2)29-13/h3-9H,1-2H3,(H2,19,23)(H,22,27). The van der Waals surface area contributed by atoms with Crippen molar-refractivity contribution in [3.8, 4) is 17.1 Å². The average molecular weight is 408 g/mol. The van der Waals surface area contributed by atoms with Gasteiger partial charge in [0.1, 0.15) is 5.69 Å². The summed E-state index contributed by atoms with van der Waals surface area (Å²) in [5.74, 6) is -0.350. The largest absolute Gasteiger partial charge is 0.378 e. The number of nitrogens with zero attached hydrogens (tertiary/aromatic N) is 6. The van der Waals surface area contributed by atoms with E-state index in [0.29, 0.717) is 11.3 Å². The predicted molar refractivity (Wildman–Crippen MR) is 108 cm³/mol. The number of rotatable bonds is 5. The third kappa shape index (κ3) is 3.75. The fourth-order valence-electron chi connectivity index (χ4n) is 2.62. The van der Waals surface area contributed by atoms with Crippen molar-refractivity contribution in [3.63, 3.8) is 0 Å². The van der Waals surface area contributed by atoms with Crippen molar-refractivity contribution in [1.82, 2.24) is 30.7 Å². The van der Waals surface area contributed by atoms with Crippen molar-refractivity contribution in [2.45, 2.75) is 13.8 Å². The molecule has 0 saturated carbocycles. The fourth-order valence-corrected chi connectivity index (χ4v) is 3.37. The van der Waals surface area contributed by atoms with Gasteiger partial charge in [0.2, 0.25) is 11.6 Å². The lowest BCUT2D eigenvalue weighted by Gasteiger charge is -2.06. The second-order valence-corrected chi connectivity index (χ2v) is 7.50. The molecule has 0 atom stereocenters. The highest BCUT2D eigenvalue weighted by molar-refractivity contribution is 7.13. The number of nitrogen functional groups attached to an aromatic ring is 1. The smallest absolute Gasteiger partial charge is 0.294 e. The summed E-state index contributed by atoms with van der Waals surface area (Å²) in [6, 6.07) is 11.4. The number of benzene rings is 1. The first kappa shape index (κ1) is 18.5. The van der Waals surface area contributed by atoms with Gasteiger partial charge in [-0.3, -0.25) is 4.79 Å². The summed E-state index contributed by atoms with van der Waals surface area (Å²) in [4.78, 5) is 14.8. The Labute approximate surface area is 169 Å². The predicted octanol–water partition coefficient (Wildman–Crippen LogP) is 2.34. The first-order valence-electron chi connectivity index (χ1n) is 8.54. The number of hydrogen-bond acceptors (Lipinski definition) is 9. The second kappa shape index (κ2) is 7.64. The lowest BCUT2D eigenvalue weighted by Crippen LogP contribution is -2.19. The molecular formula is C18H16N8O2S. The topological polar surface area (TPSA) is 137 Å². The van der Waals surface area contributed by atoms with Gasteiger partial charge >= 0.3 is 0 Å². The van der Waals surface area contributed by atoms with Crippen LogP contribution in [0.5, 0.6) is 0 Å². The van der Waals surface area contributed by atoms with E-state index in [-0.39, 0.29) is 17.3 Å². The van der Waals surface area contributed by atoms with E-state index in [0.717, 1.165) is 15.3 Å². The molecule has 3 aromatic heterocycles. The normalized spacial score (nSPS) is 11.2. The Bertz CT molecular complexity index is 1190. The Morgan fingerprint density at radius 1 is 1.21 bits per heavy atom. The van der Waals surface area contributed by atoms with Gasteiger partial charge in [-0.05, 0) is 36.3 Å². The summed E-state index contributed by atoms with van der Waals surface area (Å²) < 4.78 is 5.98. The summed E-state index contributed by atoms with van der Waals surface area (Å²) in [6.07, 6.45) is 1.57. The molecular weight excluding hydrogens is 392 g/mol. The first-order valence-corrected chi connectivity index (χ1v) is 9.35. The summed E-state index contributed by atoms with van der Waals surface area (Å²) in [5.41, 5.74) is 10.5. The molecule has 4 rings (SSSR count). The maximum absolute atomic E-state index is 12.7. The first-order chi connectivity index (χ1) is 14.0. The number of nitrogens with two attached hydrogens (primary N) is 1. The molecule has 0 bridgehead atoms. The second-order valence-electron chi connectivity index (χ2n) is 6.19. The number of nitrogens with one attached hydrogen (secondary N) is 1. The number of aromatic nitrogens is 5. The summed E-state index contributed by atoms with van der Waals surface area (Å²) in [5, 5.41) is 19.4. The highest BCUT2D eigenvalue weighted by Gasteiger charge is 2.25. The summed E-state index contributed by atoms with van der Waals surface area (Å²) in [6.45, 7) is 3.96. The molecule has 0 aliphatic carbocycles. The zero-order valence-corrected chi connectivity index (χ0v) is 16.3. The van der Waals surface area contributed by atoms with Gasteiger partial charge in [0.15, 0.2) is 5.69 Å². The molecule has 4 aromatic rings. The Balaban J connectivity index is 1.70. The van der Waals surface area contributed by atoms with Crippen molar-refractivity contribution in [1.29, 1.82) is 0 Å². The van der Waals surface area contributed by atoms with Crippen LogP contribution in [-0.4, -0.2) is 37.4 Å². The SMILES string of the molecule is Cc1ccc(-c2c(C(=O)NN=Cc3ccc(C)s3)nnn2-c2nonc2N)cc1. The number of hydrazone groups is 1. The lowest BCUT2D eigenvalue weighted by molar-refractivity contribution is 0.0950. The van der Waals surface area contributed by atoms with Crippen LogP contribution in [0.4, 0.5) is 5.82 Å². The summed E-state index contributed by atoms with van der Waals surface area (Å²) in [7, 11) is 0. The van der Waals surface area contributed by atoms with Crippen molar-refractivity contribution in [2.24, 2.45) is 5.10 Å². The van der Waals surface area contributed by atoms with E-state index in [9.17, 15) is 4.79 Å². The van der Waals surface area contributed by atoms with Crippen LogP contribution < -0.4 is 11.2 Å². The van der Waals surface area contributed by atoms with Crippen LogP contribution in [0.1, 0.15) is 25.8 Å². The van der Waals surface area contributed by atoms with Gasteiger partial charge in [-0.2, -0.15) is 9.78 Å². The molecule has 3 N–H and O–H groups in total. The van der Waals surface area contributed by atoms with Gasteiger partial charge in [-0.15, -0.1) is 16.4 Å². The van der Waals surface area contributed by atoms with Gasteiger partial charge in [-0.25, -0.2) is 10.1 Å². The number of carbonyl (C=O) groups is 1. The van der Waals surface area contributed by atoms with E-state index < -0.39 is 5.91 Å². The fraction of sp³-hybridized carbons (Fsp3) is 0.111. The highest BCUT2D eigenvalue weighted by Crippen LogP contribution is 2.26. The van der Waals surface area contributed by atoms with Crippen LogP contribution in [0.3, 0.4) is 0 Å². The van der Waals surface area contributed by atoms with Crippen LogP contribution in [0.2, 0.25) is 0 Å². The molecule has 0 aliphatic heterocycles. The maximum Gasteiger partial charge on any atom is 0.294 e. The monoisotopic (exact) mass is 408 g/mol. The molecule has 3 heterocycles. The van der Waals surface area contributed by atoms with Gasteiger partial charge in [-0.1, -0.05) is 35.0 Å². The number of amides is 1. The van der Waals surface area contributed by atoms with Crippen LogP contribution in [-0.2, 0) is 0 Å². The van der Waals surface area contributed by atoms with E-state index in [4.69, 9.17) is 5.73 Å². The van der Waals surface area contributed by atoms with E-state index in [1.807, 2.05) is 50.2 Å². The third-order valence-electron chi connectivity index (χ3n) is 4.03. The molecule has 0 aliphatic rings. The molecule has 0 spiro atoms. The molecule has 29 heavy (non-hydrogen) atoms. The maximum atomic E-state index is 12.7. The number of hydrogen-bond donors (Lipinski definition) is 2. The van der Waals surface area contributed by atoms with E-state index in [1.165, 1.54) is 4.68 Å². The van der Waals surface area contributed by atoms with Crippen molar-refractivity contribution in [2.75, 3.05) is 5.73 Å². The minimum atomic E-state index is -0.522. The lowest BCUT2D eigenvalue weighted by atomic mass is 10.1. The van der Waals surface area contributed by atoms with Gasteiger partial charge in [0.25, 0.3) is 5.91 Å². The molecule has 0 unspecified atom stereocenters. The molecule has 0 fully saturated rings. The third-order valence-corrected chi connectivity index (χ3v) is 4.96. The van der Waals surface area contributed by atoms with Gasteiger partial charge in [0, 0.05) is 15.3 Å². The Morgan fingerprint density at radius 3 is 2.66 bits per heavy atom. The zero-order chi connectivity index (χ0) is 20.4. The molecule has 1 aromatic carbocycles. The molecule has 10 nitrogen and oxygen atoms in total. The van der Waals surface area contributed by atoms with Crippen molar-refractivity contribution < 1.29 is 9.42 Å². The Kier molecular flexibility index (Phi) is 4.87. The zero-order valence-electron chi connectivity index (χ0n) is 15.5. The van der Waals surface area contributed by atoms with Crippen LogP contribution in [0.15, 0.2) is 46.1 Å². The summed E-state index contributed by atoms with van der Waals surface area (Å²) >= 11 is 1.57. The van der Waals surface area contributed by atoms with Crippen LogP contribution >= 0.6 is 11.3 Å². The van der Waals surface area contributed by atoms with Gasteiger partial charge in [0.05, 0.1) is 6.21 Å². The highest BCUT2D eigenvalue weighted by atomic mass is 32.1. The number of carbonyl (C=O) groups excluding carboxylic acids is 1. The minimum absolute atomic E-state index is 0.0290. The van der Waals surface area contributed by atoms with Crippen molar-refractivity contribution in [3.05, 3.63) is 57.4 Å². The average Bonchev–Trinajstić information content (AvgIpc) is 3.42. The molecule has 0 saturated heterocycles. The van der Waals surface area contributed by atoms with Crippen molar-refractivity contribution >= 4 is 29.3 Å².